The first-order valence-electron chi connectivity index (χ1n) is 5.14. The number of hydrogen-bond donors (Lipinski definition) is 1. The largest absolute Gasteiger partial charge is 0.369 e. The van der Waals surface area contributed by atoms with Crippen LogP contribution >= 0.6 is 0 Å². The predicted molar refractivity (Wildman–Crippen MR) is 56.0 cm³/mol. The van der Waals surface area contributed by atoms with Crippen LogP contribution in [0.15, 0.2) is 12.1 Å². The molecule has 1 aromatic carbocycles. The van der Waals surface area contributed by atoms with E-state index in [0.29, 0.717) is 12.1 Å². The monoisotopic (exact) mass is 258 g/mol. The number of hydrogen-bond acceptors (Lipinski definition) is 2. The van der Waals surface area contributed by atoms with Gasteiger partial charge in [-0.15, -0.1) is 0 Å². The van der Waals surface area contributed by atoms with Crippen LogP contribution in [-0.2, 0) is 9.59 Å². The molecule has 0 bridgehead atoms. The van der Waals surface area contributed by atoms with Gasteiger partial charge in [-0.1, -0.05) is 0 Å². The van der Waals surface area contributed by atoms with Crippen molar-refractivity contribution < 1.29 is 22.8 Å². The summed E-state index contributed by atoms with van der Waals surface area (Å²) in [6, 6.07) is 0.951. The summed E-state index contributed by atoms with van der Waals surface area (Å²) in [7, 11) is 0. The SMILES string of the molecule is NC(=O)C1CC(=O)N(c2c(F)cc(F)cc2F)C1. The van der Waals surface area contributed by atoms with Gasteiger partial charge in [0.1, 0.15) is 11.5 Å². The second kappa shape index (κ2) is 4.32. The Hall–Kier alpha value is -2.05. The Kier molecular flexibility index (Phi) is 2.98. The van der Waals surface area contributed by atoms with Crippen molar-refractivity contribution in [3.8, 4) is 0 Å². The van der Waals surface area contributed by atoms with Crippen molar-refractivity contribution in [2.45, 2.75) is 6.42 Å². The van der Waals surface area contributed by atoms with Gasteiger partial charge in [0.05, 0.1) is 5.92 Å². The summed E-state index contributed by atoms with van der Waals surface area (Å²) >= 11 is 0. The number of rotatable bonds is 2. The van der Waals surface area contributed by atoms with Crippen molar-refractivity contribution in [2.24, 2.45) is 11.7 Å². The molecule has 7 heteroatoms. The number of amides is 2. The molecule has 1 saturated heterocycles. The first kappa shape index (κ1) is 12.4. The lowest BCUT2D eigenvalue weighted by molar-refractivity contribution is -0.123. The second-order valence-corrected chi connectivity index (χ2v) is 4.03. The summed E-state index contributed by atoms with van der Waals surface area (Å²) in [6.45, 7) is -0.201. The minimum absolute atomic E-state index is 0.201. The molecular weight excluding hydrogens is 249 g/mol. The molecule has 0 aromatic heterocycles. The van der Waals surface area contributed by atoms with E-state index in [1.165, 1.54) is 0 Å². The van der Waals surface area contributed by atoms with E-state index in [0.717, 1.165) is 4.90 Å². The average Bonchev–Trinajstić information content (AvgIpc) is 2.59. The van der Waals surface area contributed by atoms with Crippen LogP contribution in [0.5, 0.6) is 0 Å². The molecule has 4 nitrogen and oxygen atoms in total. The number of nitrogens with two attached hydrogens (primary N) is 1. The molecule has 1 aromatic rings. The van der Waals surface area contributed by atoms with Crippen molar-refractivity contribution in [1.29, 1.82) is 0 Å². The highest BCUT2D eigenvalue weighted by molar-refractivity contribution is 6.00. The molecule has 2 N–H and O–H groups in total. The van der Waals surface area contributed by atoms with Crippen molar-refractivity contribution in [1.82, 2.24) is 0 Å². The van der Waals surface area contributed by atoms with Gasteiger partial charge in [0.15, 0.2) is 11.6 Å². The van der Waals surface area contributed by atoms with Crippen LogP contribution in [-0.4, -0.2) is 18.4 Å². The number of primary amides is 1. The lowest BCUT2D eigenvalue weighted by Crippen LogP contribution is -2.29. The molecule has 2 amide bonds. The Morgan fingerprint density at radius 2 is 1.83 bits per heavy atom. The smallest absolute Gasteiger partial charge is 0.228 e. The van der Waals surface area contributed by atoms with Crippen molar-refractivity contribution in [3.63, 3.8) is 0 Å². The van der Waals surface area contributed by atoms with Crippen LogP contribution in [0, 0.1) is 23.4 Å². The molecule has 1 fully saturated rings. The highest BCUT2D eigenvalue weighted by Crippen LogP contribution is 2.30. The van der Waals surface area contributed by atoms with Gasteiger partial charge in [0, 0.05) is 25.1 Å². The van der Waals surface area contributed by atoms with Gasteiger partial charge in [0.25, 0.3) is 0 Å². The fraction of sp³-hybridized carbons (Fsp3) is 0.273. The van der Waals surface area contributed by atoms with Gasteiger partial charge in [-0.25, -0.2) is 13.2 Å². The van der Waals surface area contributed by atoms with Crippen LogP contribution in [0.4, 0.5) is 18.9 Å². The van der Waals surface area contributed by atoms with E-state index in [1.807, 2.05) is 0 Å². The number of carbonyl (C=O) groups excluding carboxylic acids is 2. The van der Waals surface area contributed by atoms with E-state index in [9.17, 15) is 22.8 Å². The van der Waals surface area contributed by atoms with E-state index >= 15 is 0 Å². The Bertz CT molecular complexity index is 510. The lowest BCUT2D eigenvalue weighted by Gasteiger charge is -2.17. The fourth-order valence-corrected chi connectivity index (χ4v) is 1.91. The molecule has 1 unspecified atom stereocenters. The standard InChI is InChI=1S/C11H9F3N2O2/c12-6-2-7(13)10(8(14)3-6)16-4-5(11(15)18)1-9(16)17/h2-3,5H,1,4H2,(H2,15,18). The number of carbonyl (C=O) groups is 2. The summed E-state index contributed by atoms with van der Waals surface area (Å²) in [5.74, 6) is -5.58. The van der Waals surface area contributed by atoms with Crippen LogP contribution in [0.1, 0.15) is 6.42 Å². The third-order valence-corrected chi connectivity index (χ3v) is 2.78. The summed E-state index contributed by atoms with van der Waals surface area (Å²) in [5, 5.41) is 0. The molecule has 2 rings (SSSR count). The Labute approximate surface area is 100 Å². The van der Waals surface area contributed by atoms with Crippen LogP contribution in [0.2, 0.25) is 0 Å². The van der Waals surface area contributed by atoms with Gasteiger partial charge in [-0.2, -0.15) is 0 Å². The molecule has 1 aliphatic heterocycles. The zero-order chi connectivity index (χ0) is 13.4. The van der Waals surface area contributed by atoms with Crippen LogP contribution in [0.25, 0.3) is 0 Å². The Balaban J connectivity index is 2.39. The topological polar surface area (TPSA) is 63.4 Å². The summed E-state index contributed by atoms with van der Waals surface area (Å²) < 4.78 is 39.7. The van der Waals surface area contributed by atoms with Gasteiger partial charge in [0.2, 0.25) is 11.8 Å². The first-order chi connectivity index (χ1) is 8.40. The highest BCUT2D eigenvalue weighted by atomic mass is 19.1. The number of anilines is 1. The van der Waals surface area contributed by atoms with Crippen molar-refractivity contribution in [3.05, 3.63) is 29.6 Å². The zero-order valence-electron chi connectivity index (χ0n) is 9.12. The van der Waals surface area contributed by atoms with E-state index in [-0.39, 0.29) is 13.0 Å². The zero-order valence-corrected chi connectivity index (χ0v) is 9.12. The maximum absolute atomic E-state index is 13.5. The molecular formula is C11H9F3N2O2. The Morgan fingerprint density at radius 3 is 2.28 bits per heavy atom. The third kappa shape index (κ3) is 2.03. The molecule has 1 heterocycles. The van der Waals surface area contributed by atoms with Crippen LogP contribution < -0.4 is 10.6 Å². The average molecular weight is 258 g/mol. The third-order valence-electron chi connectivity index (χ3n) is 2.78. The van der Waals surface area contributed by atoms with E-state index in [1.54, 1.807) is 0 Å². The van der Waals surface area contributed by atoms with Crippen LogP contribution in [0.3, 0.4) is 0 Å². The van der Waals surface area contributed by atoms with E-state index in [4.69, 9.17) is 5.73 Å². The fourth-order valence-electron chi connectivity index (χ4n) is 1.91. The van der Waals surface area contributed by atoms with Gasteiger partial charge >= 0.3 is 0 Å². The molecule has 0 spiro atoms. The summed E-state index contributed by atoms with van der Waals surface area (Å²) in [4.78, 5) is 23.3. The first-order valence-corrected chi connectivity index (χ1v) is 5.14. The van der Waals surface area contributed by atoms with Crippen molar-refractivity contribution >= 4 is 17.5 Å². The number of nitrogens with zero attached hydrogens (tertiary/aromatic N) is 1. The normalized spacial score (nSPS) is 19.4. The highest BCUT2D eigenvalue weighted by Gasteiger charge is 2.36. The van der Waals surface area contributed by atoms with Gasteiger partial charge < -0.3 is 10.6 Å². The molecule has 0 radical (unpaired) electrons. The molecule has 0 aliphatic carbocycles. The predicted octanol–water partition coefficient (Wildman–Crippen LogP) is 0.942. The van der Waals surface area contributed by atoms with Gasteiger partial charge in [-0.3, -0.25) is 9.59 Å². The summed E-state index contributed by atoms with van der Waals surface area (Å²) in [5.41, 5.74) is 4.39. The van der Waals surface area contributed by atoms with E-state index < -0.39 is 40.9 Å². The summed E-state index contributed by atoms with van der Waals surface area (Å²) in [6.07, 6.45) is -0.203. The Morgan fingerprint density at radius 1 is 1.28 bits per heavy atom. The maximum atomic E-state index is 13.5. The molecule has 0 saturated carbocycles. The lowest BCUT2D eigenvalue weighted by atomic mass is 10.1. The minimum atomic E-state index is -1.19. The second-order valence-electron chi connectivity index (χ2n) is 4.03. The quantitative estimate of drug-likeness (QED) is 0.858. The molecule has 96 valence electrons. The molecule has 1 atom stereocenters. The molecule has 1 aliphatic rings. The van der Waals surface area contributed by atoms with Gasteiger partial charge in [-0.05, 0) is 0 Å². The number of benzene rings is 1. The minimum Gasteiger partial charge on any atom is -0.369 e. The van der Waals surface area contributed by atoms with Crippen molar-refractivity contribution in [2.75, 3.05) is 11.4 Å². The number of halogens is 3. The van der Waals surface area contributed by atoms with E-state index in [2.05, 4.69) is 0 Å². The maximum Gasteiger partial charge on any atom is 0.228 e. The molecule has 18 heavy (non-hydrogen) atoms.